The van der Waals surface area contributed by atoms with E-state index in [1.165, 1.54) is 12.8 Å². The van der Waals surface area contributed by atoms with E-state index in [1.54, 1.807) is 4.90 Å². The fourth-order valence-corrected chi connectivity index (χ4v) is 2.64. The van der Waals surface area contributed by atoms with Crippen LogP contribution in [-0.2, 0) is 9.59 Å². The van der Waals surface area contributed by atoms with Crippen LogP contribution in [0.5, 0.6) is 0 Å². The fraction of sp³-hybridized carbons (Fsp3) is 0.846. The summed E-state index contributed by atoms with van der Waals surface area (Å²) in [6.07, 6.45) is 5.19. The number of amides is 1. The Balaban J connectivity index is 1.97. The van der Waals surface area contributed by atoms with Crippen molar-refractivity contribution < 1.29 is 9.59 Å². The van der Waals surface area contributed by atoms with Crippen molar-refractivity contribution >= 4 is 11.7 Å². The predicted molar refractivity (Wildman–Crippen MR) is 61.9 cm³/mol. The molecule has 1 saturated carbocycles. The molecule has 2 rings (SSSR count). The van der Waals surface area contributed by atoms with E-state index in [1.807, 2.05) is 13.8 Å². The highest BCUT2D eigenvalue weighted by Gasteiger charge is 2.37. The van der Waals surface area contributed by atoms with Crippen molar-refractivity contribution in [1.29, 1.82) is 0 Å². The number of carbonyl (C=O) groups is 2. The van der Waals surface area contributed by atoms with E-state index >= 15 is 0 Å². The average Bonchev–Trinajstić information content (AvgIpc) is 2.74. The van der Waals surface area contributed by atoms with E-state index in [-0.39, 0.29) is 23.0 Å². The van der Waals surface area contributed by atoms with Crippen molar-refractivity contribution in [1.82, 2.24) is 4.90 Å². The number of Topliss-reactive ketones (excluding diaryl/α,β-unsaturated/α-hetero) is 1. The van der Waals surface area contributed by atoms with E-state index in [2.05, 4.69) is 0 Å². The van der Waals surface area contributed by atoms with Crippen LogP contribution in [0.15, 0.2) is 0 Å². The second kappa shape index (κ2) is 4.19. The third kappa shape index (κ3) is 2.13. The van der Waals surface area contributed by atoms with Gasteiger partial charge in [-0.3, -0.25) is 9.59 Å². The monoisotopic (exact) mass is 223 g/mol. The molecule has 1 heterocycles. The number of likely N-dealkylation sites (tertiary alicyclic amines) is 1. The highest BCUT2D eigenvalue weighted by Crippen LogP contribution is 2.31. The molecule has 1 aliphatic heterocycles. The first kappa shape index (κ1) is 11.6. The summed E-state index contributed by atoms with van der Waals surface area (Å²) >= 11 is 0. The minimum absolute atomic E-state index is 0.203. The standard InChI is InChI=1S/C13H21NO2/c1-13(2)7-8-14(9-11(13)15)12(16)10-5-3-4-6-10/h10H,3-9H2,1-2H3. The van der Waals surface area contributed by atoms with E-state index in [4.69, 9.17) is 0 Å². The summed E-state index contributed by atoms with van der Waals surface area (Å²) in [6.45, 7) is 5.05. The lowest BCUT2D eigenvalue weighted by Crippen LogP contribution is -2.49. The minimum atomic E-state index is -0.230. The Morgan fingerprint density at radius 1 is 1.31 bits per heavy atom. The number of hydrogen-bond donors (Lipinski definition) is 0. The smallest absolute Gasteiger partial charge is 0.226 e. The maximum atomic E-state index is 12.1. The molecular weight excluding hydrogens is 202 g/mol. The van der Waals surface area contributed by atoms with Crippen LogP contribution in [0, 0.1) is 11.3 Å². The van der Waals surface area contributed by atoms with E-state index < -0.39 is 0 Å². The SMILES string of the molecule is CC1(C)CCN(C(=O)C2CCCC2)CC1=O. The number of ketones is 1. The number of hydrogen-bond acceptors (Lipinski definition) is 2. The topological polar surface area (TPSA) is 37.4 Å². The molecule has 90 valence electrons. The lowest BCUT2D eigenvalue weighted by atomic mass is 9.81. The number of piperidine rings is 1. The Morgan fingerprint density at radius 3 is 2.50 bits per heavy atom. The van der Waals surface area contributed by atoms with Crippen molar-refractivity contribution in [2.45, 2.75) is 46.0 Å². The molecule has 2 aliphatic rings. The quantitative estimate of drug-likeness (QED) is 0.682. The lowest BCUT2D eigenvalue weighted by molar-refractivity contribution is -0.145. The van der Waals surface area contributed by atoms with Crippen LogP contribution in [0.3, 0.4) is 0 Å². The van der Waals surface area contributed by atoms with E-state index in [0.29, 0.717) is 6.54 Å². The molecule has 2 fully saturated rings. The maximum absolute atomic E-state index is 12.1. The van der Waals surface area contributed by atoms with Crippen molar-refractivity contribution in [3.63, 3.8) is 0 Å². The van der Waals surface area contributed by atoms with E-state index in [0.717, 1.165) is 25.8 Å². The second-order valence-electron chi connectivity index (χ2n) is 5.80. The lowest BCUT2D eigenvalue weighted by Gasteiger charge is -2.36. The zero-order chi connectivity index (χ0) is 11.8. The molecule has 0 bridgehead atoms. The molecule has 1 aliphatic carbocycles. The van der Waals surface area contributed by atoms with Gasteiger partial charge in [0.15, 0.2) is 5.78 Å². The van der Waals surface area contributed by atoms with Gasteiger partial charge in [-0.15, -0.1) is 0 Å². The second-order valence-corrected chi connectivity index (χ2v) is 5.80. The maximum Gasteiger partial charge on any atom is 0.226 e. The predicted octanol–water partition coefficient (Wildman–Crippen LogP) is 2.00. The molecule has 0 unspecified atom stereocenters. The summed E-state index contributed by atoms with van der Waals surface area (Å²) in [5.74, 6) is 0.639. The van der Waals surface area contributed by atoms with Crippen LogP contribution in [0.1, 0.15) is 46.0 Å². The van der Waals surface area contributed by atoms with Gasteiger partial charge in [-0.25, -0.2) is 0 Å². The average molecular weight is 223 g/mol. The Hall–Kier alpha value is -0.860. The highest BCUT2D eigenvalue weighted by atomic mass is 16.2. The Labute approximate surface area is 97.2 Å². The van der Waals surface area contributed by atoms with Gasteiger partial charge in [-0.05, 0) is 19.3 Å². The Bertz CT molecular complexity index is 303. The van der Waals surface area contributed by atoms with Gasteiger partial charge >= 0.3 is 0 Å². The fourth-order valence-electron chi connectivity index (χ4n) is 2.64. The largest absolute Gasteiger partial charge is 0.335 e. The van der Waals surface area contributed by atoms with Crippen LogP contribution in [0.4, 0.5) is 0 Å². The van der Waals surface area contributed by atoms with Crippen LogP contribution >= 0.6 is 0 Å². The van der Waals surface area contributed by atoms with E-state index in [9.17, 15) is 9.59 Å². The summed E-state index contributed by atoms with van der Waals surface area (Å²) in [6, 6.07) is 0. The normalized spacial score (nSPS) is 26.1. The van der Waals surface area contributed by atoms with Gasteiger partial charge in [0.1, 0.15) is 0 Å². The molecule has 0 aromatic heterocycles. The number of carbonyl (C=O) groups excluding carboxylic acids is 2. The van der Waals surface area contributed by atoms with Gasteiger partial charge in [0.25, 0.3) is 0 Å². The van der Waals surface area contributed by atoms with Gasteiger partial charge in [-0.1, -0.05) is 26.7 Å². The van der Waals surface area contributed by atoms with Crippen molar-refractivity contribution in [3.05, 3.63) is 0 Å². The summed E-state index contributed by atoms with van der Waals surface area (Å²) in [5, 5.41) is 0. The first-order valence-corrected chi connectivity index (χ1v) is 6.33. The van der Waals surface area contributed by atoms with Crippen LogP contribution in [0.25, 0.3) is 0 Å². The molecule has 0 spiro atoms. The first-order valence-electron chi connectivity index (χ1n) is 6.33. The Kier molecular flexibility index (Phi) is 3.04. The molecule has 1 amide bonds. The van der Waals surface area contributed by atoms with Gasteiger partial charge in [-0.2, -0.15) is 0 Å². The van der Waals surface area contributed by atoms with Gasteiger partial charge in [0.2, 0.25) is 5.91 Å². The molecule has 3 nitrogen and oxygen atoms in total. The third-order valence-electron chi connectivity index (χ3n) is 4.11. The highest BCUT2D eigenvalue weighted by molar-refractivity contribution is 5.91. The molecule has 16 heavy (non-hydrogen) atoms. The molecule has 1 saturated heterocycles. The molecule has 3 heteroatoms. The van der Waals surface area contributed by atoms with Crippen LogP contribution in [-0.4, -0.2) is 29.7 Å². The third-order valence-corrected chi connectivity index (χ3v) is 4.11. The number of rotatable bonds is 1. The summed E-state index contributed by atoms with van der Waals surface area (Å²) in [7, 11) is 0. The molecule has 0 aromatic rings. The van der Waals surface area contributed by atoms with Crippen molar-refractivity contribution in [2.24, 2.45) is 11.3 Å². The number of nitrogens with zero attached hydrogens (tertiary/aromatic N) is 1. The van der Waals surface area contributed by atoms with Gasteiger partial charge in [0.05, 0.1) is 6.54 Å². The van der Waals surface area contributed by atoms with Crippen molar-refractivity contribution in [2.75, 3.05) is 13.1 Å². The zero-order valence-corrected chi connectivity index (χ0v) is 10.3. The molecule has 0 atom stereocenters. The molecule has 0 N–H and O–H groups in total. The molecule has 0 radical (unpaired) electrons. The summed E-state index contributed by atoms with van der Waals surface area (Å²) < 4.78 is 0. The summed E-state index contributed by atoms with van der Waals surface area (Å²) in [5.41, 5.74) is -0.230. The summed E-state index contributed by atoms with van der Waals surface area (Å²) in [4.78, 5) is 25.8. The van der Waals surface area contributed by atoms with Crippen LogP contribution < -0.4 is 0 Å². The first-order chi connectivity index (χ1) is 7.50. The minimum Gasteiger partial charge on any atom is -0.335 e. The van der Waals surface area contributed by atoms with Gasteiger partial charge in [0, 0.05) is 17.9 Å². The van der Waals surface area contributed by atoms with Crippen LogP contribution in [0.2, 0.25) is 0 Å². The zero-order valence-electron chi connectivity index (χ0n) is 10.3. The van der Waals surface area contributed by atoms with Crippen molar-refractivity contribution in [3.8, 4) is 0 Å². The Morgan fingerprint density at radius 2 is 1.94 bits per heavy atom. The molecular formula is C13H21NO2. The van der Waals surface area contributed by atoms with Gasteiger partial charge < -0.3 is 4.90 Å². The molecule has 0 aromatic carbocycles.